The Morgan fingerprint density at radius 3 is 2.70 bits per heavy atom. The monoisotopic (exact) mass is 276 g/mol. The Morgan fingerprint density at radius 2 is 2.10 bits per heavy atom. The average molecular weight is 276 g/mol. The number of nitrogens with one attached hydrogen (secondary N) is 1. The van der Waals surface area contributed by atoms with Gasteiger partial charge in [0.1, 0.15) is 5.82 Å². The van der Waals surface area contributed by atoms with E-state index in [-0.39, 0.29) is 11.9 Å². The lowest BCUT2D eigenvalue weighted by Gasteiger charge is -2.34. The summed E-state index contributed by atoms with van der Waals surface area (Å²) < 4.78 is 14.1. The Morgan fingerprint density at radius 1 is 1.30 bits per heavy atom. The number of hydrogen-bond donors (Lipinski definition) is 1. The van der Waals surface area contributed by atoms with E-state index < -0.39 is 0 Å². The van der Waals surface area contributed by atoms with E-state index in [2.05, 4.69) is 17.1 Å². The summed E-state index contributed by atoms with van der Waals surface area (Å²) in [6.07, 6.45) is 6.07. The van der Waals surface area contributed by atoms with Gasteiger partial charge in [-0.2, -0.15) is 0 Å². The van der Waals surface area contributed by atoms with Gasteiger partial charge in [-0.3, -0.25) is 4.90 Å². The molecule has 1 aliphatic carbocycles. The van der Waals surface area contributed by atoms with E-state index in [0.29, 0.717) is 12.1 Å². The first-order valence-corrected chi connectivity index (χ1v) is 8.03. The molecule has 110 valence electrons. The molecule has 3 heteroatoms. The van der Waals surface area contributed by atoms with Crippen LogP contribution in [0.4, 0.5) is 4.39 Å². The van der Waals surface area contributed by atoms with Gasteiger partial charge in [0.25, 0.3) is 0 Å². The second kappa shape index (κ2) is 6.23. The van der Waals surface area contributed by atoms with Gasteiger partial charge in [0.05, 0.1) is 0 Å². The molecule has 0 amide bonds. The summed E-state index contributed by atoms with van der Waals surface area (Å²) in [6.45, 7) is 4.38. The van der Waals surface area contributed by atoms with Crippen molar-refractivity contribution in [2.45, 2.75) is 57.2 Å². The molecule has 0 bridgehead atoms. The van der Waals surface area contributed by atoms with Crippen molar-refractivity contribution < 1.29 is 4.39 Å². The van der Waals surface area contributed by atoms with Crippen molar-refractivity contribution >= 4 is 0 Å². The van der Waals surface area contributed by atoms with Crippen LogP contribution in [0.5, 0.6) is 0 Å². The van der Waals surface area contributed by atoms with Crippen LogP contribution in [0.1, 0.15) is 50.6 Å². The molecule has 2 unspecified atom stereocenters. The standard InChI is InChI=1S/C17H25FN2/c1-2-17(15-7-3-4-8-16(15)18)20(14-9-10-14)12-13-6-5-11-19-13/h3-4,7-8,13-14,17,19H,2,5-6,9-12H2,1H3. The Labute approximate surface area is 121 Å². The van der Waals surface area contributed by atoms with E-state index >= 15 is 0 Å². The highest BCUT2D eigenvalue weighted by Gasteiger charge is 2.36. The van der Waals surface area contributed by atoms with Crippen LogP contribution in [0, 0.1) is 5.82 Å². The summed E-state index contributed by atoms with van der Waals surface area (Å²) in [5.41, 5.74) is 0.875. The van der Waals surface area contributed by atoms with Crippen LogP contribution in [0.2, 0.25) is 0 Å². The molecule has 3 rings (SSSR count). The highest BCUT2D eigenvalue weighted by molar-refractivity contribution is 5.22. The summed E-state index contributed by atoms with van der Waals surface area (Å²) in [5, 5.41) is 3.58. The number of nitrogens with zero attached hydrogens (tertiary/aromatic N) is 1. The van der Waals surface area contributed by atoms with Crippen LogP contribution < -0.4 is 5.32 Å². The third kappa shape index (κ3) is 3.04. The molecule has 0 radical (unpaired) electrons. The molecule has 2 nitrogen and oxygen atoms in total. The van der Waals surface area contributed by atoms with Gasteiger partial charge in [-0.15, -0.1) is 0 Å². The van der Waals surface area contributed by atoms with Crippen LogP contribution in [0.3, 0.4) is 0 Å². The van der Waals surface area contributed by atoms with Gasteiger partial charge in [-0.1, -0.05) is 25.1 Å². The van der Waals surface area contributed by atoms with Crippen molar-refractivity contribution in [3.8, 4) is 0 Å². The van der Waals surface area contributed by atoms with E-state index in [0.717, 1.165) is 25.1 Å². The Balaban J connectivity index is 1.78. The maximum Gasteiger partial charge on any atom is 0.127 e. The first-order chi connectivity index (χ1) is 9.79. The summed E-state index contributed by atoms with van der Waals surface area (Å²) in [5.74, 6) is -0.0515. The number of rotatable bonds is 6. The third-order valence-electron chi connectivity index (χ3n) is 4.66. The summed E-state index contributed by atoms with van der Waals surface area (Å²) >= 11 is 0. The summed E-state index contributed by atoms with van der Waals surface area (Å²) in [7, 11) is 0. The van der Waals surface area contributed by atoms with Crippen molar-refractivity contribution in [3.63, 3.8) is 0 Å². The lowest BCUT2D eigenvalue weighted by atomic mass is 10.0. The topological polar surface area (TPSA) is 15.3 Å². The van der Waals surface area contributed by atoms with Crippen molar-refractivity contribution in [1.29, 1.82) is 0 Å². The molecule has 2 aliphatic rings. The third-order valence-corrected chi connectivity index (χ3v) is 4.66. The van der Waals surface area contributed by atoms with E-state index in [1.807, 2.05) is 12.1 Å². The molecular formula is C17H25FN2. The maximum absolute atomic E-state index is 14.1. The van der Waals surface area contributed by atoms with Gasteiger partial charge in [-0.05, 0) is 44.7 Å². The highest BCUT2D eigenvalue weighted by Crippen LogP contribution is 2.37. The predicted octanol–water partition coefficient (Wildman–Crippen LogP) is 3.49. The van der Waals surface area contributed by atoms with Gasteiger partial charge in [-0.25, -0.2) is 4.39 Å². The SMILES string of the molecule is CCC(c1ccccc1F)N(CC1CCCN1)C1CC1. The van der Waals surface area contributed by atoms with Crippen LogP contribution >= 0.6 is 0 Å². The Hall–Kier alpha value is -0.930. The van der Waals surface area contributed by atoms with Gasteiger partial charge >= 0.3 is 0 Å². The minimum absolute atomic E-state index is 0.0515. The van der Waals surface area contributed by atoms with Crippen LogP contribution in [-0.2, 0) is 0 Å². The molecule has 0 aromatic heterocycles. The van der Waals surface area contributed by atoms with E-state index in [1.165, 1.54) is 25.7 Å². The molecule has 20 heavy (non-hydrogen) atoms. The zero-order valence-electron chi connectivity index (χ0n) is 12.3. The van der Waals surface area contributed by atoms with Crippen molar-refractivity contribution in [1.82, 2.24) is 10.2 Å². The predicted molar refractivity (Wildman–Crippen MR) is 80.2 cm³/mol. The second-order valence-corrected chi connectivity index (χ2v) is 6.17. The zero-order chi connectivity index (χ0) is 13.9. The molecule has 2 atom stereocenters. The van der Waals surface area contributed by atoms with E-state index in [1.54, 1.807) is 12.1 Å². The maximum atomic E-state index is 14.1. The fourth-order valence-corrected chi connectivity index (χ4v) is 3.48. The smallest absolute Gasteiger partial charge is 0.127 e. The normalized spacial score (nSPS) is 24.2. The zero-order valence-corrected chi connectivity index (χ0v) is 12.3. The second-order valence-electron chi connectivity index (χ2n) is 6.17. The van der Waals surface area contributed by atoms with Crippen molar-refractivity contribution in [2.75, 3.05) is 13.1 Å². The molecule has 2 fully saturated rings. The number of hydrogen-bond acceptors (Lipinski definition) is 2. The van der Waals surface area contributed by atoms with Crippen LogP contribution in [0.25, 0.3) is 0 Å². The molecule has 1 saturated carbocycles. The van der Waals surface area contributed by atoms with Gasteiger partial charge < -0.3 is 5.32 Å². The number of halogens is 1. The van der Waals surface area contributed by atoms with E-state index in [4.69, 9.17) is 0 Å². The van der Waals surface area contributed by atoms with Crippen LogP contribution in [0.15, 0.2) is 24.3 Å². The molecule has 0 spiro atoms. The van der Waals surface area contributed by atoms with Crippen LogP contribution in [-0.4, -0.2) is 30.1 Å². The highest BCUT2D eigenvalue weighted by atomic mass is 19.1. The average Bonchev–Trinajstić information content (AvgIpc) is 3.18. The molecule has 1 aromatic rings. The van der Waals surface area contributed by atoms with Gasteiger partial charge in [0.15, 0.2) is 0 Å². The molecule has 1 N–H and O–H groups in total. The Kier molecular flexibility index (Phi) is 4.37. The quantitative estimate of drug-likeness (QED) is 0.855. The largest absolute Gasteiger partial charge is 0.313 e. The molecule has 1 aromatic carbocycles. The molecule has 1 saturated heterocycles. The van der Waals surface area contributed by atoms with Crippen molar-refractivity contribution in [3.05, 3.63) is 35.6 Å². The van der Waals surface area contributed by atoms with Gasteiger partial charge in [0.2, 0.25) is 0 Å². The van der Waals surface area contributed by atoms with E-state index in [9.17, 15) is 4.39 Å². The Bertz CT molecular complexity index is 438. The summed E-state index contributed by atoms with van der Waals surface area (Å²) in [4.78, 5) is 2.56. The van der Waals surface area contributed by atoms with Crippen molar-refractivity contribution in [2.24, 2.45) is 0 Å². The minimum Gasteiger partial charge on any atom is -0.313 e. The first kappa shape index (κ1) is 14.0. The number of benzene rings is 1. The fourth-order valence-electron chi connectivity index (χ4n) is 3.48. The lowest BCUT2D eigenvalue weighted by molar-refractivity contribution is 0.162. The molecular weight excluding hydrogens is 251 g/mol. The lowest BCUT2D eigenvalue weighted by Crippen LogP contribution is -2.41. The minimum atomic E-state index is -0.0515. The fraction of sp³-hybridized carbons (Fsp3) is 0.647. The first-order valence-electron chi connectivity index (χ1n) is 8.03. The molecule has 1 heterocycles. The molecule has 1 aliphatic heterocycles. The summed E-state index contributed by atoms with van der Waals surface area (Å²) in [6, 6.07) is 8.79. The van der Waals surface area contributed by atoms with Gasteiger partial charge in [0, 0.05) is 30.2 Å².